The molecule has 3 rings (SSSR count). The fraction of sp³-hybridized carbons (Fsp3) is 0.375. The van der Waals surface area contributed by atoms with Crippen molar-refractivity contribution in [3.05, 3.63) is 54.5 Å². The Kier molecular flexibility index (Phi) is 3.92. The summed E-state index contributed by atoms with van der Waals surface area (Å²) in [6, 6.07) is 10.7. The molecule has 1 fully saturated rings. The van der Waals surface area contributed by atoms with Crippen molar-refractivity contribution in [2.75, 3.05) is 31.1 Å². The van der Waals surface area contributed by atoms with E-state index in [0.29, 0.717) is 6.04 Å². The summed E-state index contributed by atoms with van der Waals surface area (Å²) >= 11 is 0. The Morgan fingerprint density at radius 1 is 1.00 bits per heavy atom. The Morgan fingerprint density at radius 3 is 2.50 bits per heavy atom. The molecule has 0 saturated carbocycles. The molecule has 0 bridgehead atoms. The van der Waals surface area contributed by atoms with Crippen LogP contribution in [-0.4, -0.2) is 41.0 Å². The lowest BCUT2D eigenvalue weighted by atomic mass is 10.1. The van der Waals surface area contributed by atoms with Crippen molar-refractivity contribution in [1.29, 1.82) is 0 Å². The molecule has 3 heterocycles. The van der Waals surface area contributed by atoms with Crippen LogP contribution in [0.15, 0.2) is 48.9 Å². The quantitative estimate of drug-likeness (QED) is 0.855. The molecule has 0 aliphatic carbocycles. The molecule has 1 saturated heterocycles. The van der Waals surface area contributed by atoms with Gasteiger partial charge in [0, 0.05) is 50.8 Å². The van der Waals surface area contributed by atoms with Crippen molar-refractivity contribution >= 4 is 5.82 Å². The molecule has 20 heavy (non-hydrogen) atoms. The minimum atomic E-state index is 0.426. The minimum Gasteiger partial charge on any atom is -0.354 e. The van der Waals surface area contributed by atoms with Crippen LogP contribution in [0.1, 0.15) is 18.5 Å². The number of aromatic nitrogens is 2. The van der Waals surface area contributed by atoms with Gasteiger partial charge < -0.3 is 4.90 Å². The summed E-state index contributed by atoms with van der Waals surface area (Å²) in [5, 5.41) is 0. The average molecular weight is 268 g/mol. The van der Waals surface area contributed by atoms with Gasteiger partial charge in [0.15, 0.2) is 0 Å². The van der Waals surface area contributed by atoms with Crippen LogP contribution in [0.2, 0.25) is 0 Å². The van der Waals surface area contributed by atoms with E-state index < -0.39 is 0 Å². The second-order valence-corrected chi connectivity index (χ2v) is 5.17. The molecular formula is C16H20N4. The molecule has 0 N–H and O–H groups in total. The second-order valence-electron chi connectivity index (χ2n) is 5.17. The lowest BCUT2D eigenvalue weighted by molar-refractivity contribution is 0.198. The monoisotopic (exact) mass is 268 g/mol. The van der Waals surface area contributed by atoms with Crippen molar-refractivity contribution in [1.82, 2.24) is 14.9 Å². The van der Waals surface area contributed by atoms with Crippen molar-refractivity contribution < 1.29 is 0 Å². The summed E-state index contributed by atoms with van der Waals surface area (Å²) in [6.45, 7) is 6.44. The summed E-state index contributed by atoms with van der Waals surface area (Å²) in [5.41, 5.74) is 1.29. The second kappa shape index (κ2) is 6.01. The van der Waals surface area contributed by atoms with Crippen LogP contribution in [0.5, 0.6) is 0 Å². The minimum absolute atomic E-state index is 0.426. The number of hydrogen-bond acceptors (Lipinski definition) is 4. The summed E-state index contributed by atoms with van der Waals surface area (Å²) in [4.78, 5) is 13.5. The Bertz CT molecular complexity index is 521. The Labute approximate surface area is 120 Å². The summed E-state index contributed by atoms with van der Waals surface area (Å²) in [7, 11) is 0. The van der Waals surface area contributed by atoms with Crippen LogP contribution in [0.25, 0.3) is 0 Å². The molecule has 1 aliphatic rings. The maximum absolute atomic E-state index is 4.43. The predicted octanol–water partition coefficient (Wildman–Crippen LogP) is 2.36. The molecule has 0 spiro atoms. The van der Waals surface area contributed by atoms with Crippen LogP contribution in [-0.2, 0) is 0 Å². The maximum atomic E-state index is 4.43. The van der Waals surface area contributed by atoms with E-state index >= 15 is 0 Å². The van der Waals surface area contributed by atoms with Crippen LogP contribution >= 0.6 is 0 Å². The maximum Gasteiger partial charge on any atom is 0.128 e. The van der Waals surface area contributed by atoms with Gasteiger partial charge in [-0.1, -0.05) is 12.1 Å². The standard InChI is InChI=1S/C16H20N4/c1-14(15-5-4-7-17-13-15)19-9-11-20(12-10-19)16-6-2-3-8-18-16/h2-8,13-14H,9-12H2,1H3. The van der Waals surface area contributed by atoms with Gasteiger partial charge in [0.25, 0.3) is 0 Å². The van der Waals surface area contributed by atoms with E-state index in [-0.39, 0.29) is 0 Å². The first-order valence-corrected chi connectivity index (χ1v) is 7.14. The van der Waals surface area contributed by atoms with Gasteiger partial charge in [-0.25, -0.2) is 4.98 Å². The highest BCUT2D eigenvalue weighted by Gasteiger charge is 2.22. The van der Waals surface area contributed by atoms with Gasteiger partial charge in [-0.15, -0.1) is 0 Å². The van der Waals surface area contributed by atoms with E-state index in [1.54, 1.807) is 0 Å². The molecule has 104 valence electrons. The largest absolute Gasteiger partial charge is 0.354 e. The van der Waals surface area contributed by atoms with Crippen molar-refractivity contribution in [3.63, 3.8) is 0 Å². The zero-order valence-corrected chi connectivity index (χ0v) is 11.8. The molecule has 1 unspecified atom stereocenters. The van der Waals surface area contributed by atoms with Crippen molar-refractivity contribution in [2.45, 2.75) is 13.0 Å². The van der Waals surface area contributed by atoms with E-state index in [1.165, 1.54) is 5.56 Å². The first-order valence-electron chi connectivity index (χ1n) is 7.14. The van der Waals surface area contributed by atoms with Gasteiger partial charge in [-0.3, -0.25) is 9.88 Å². The molecule has 2 aromatic rings. The molecular weight excluding hydrogens is 248 g/mol. The van der Waals surface area contributed by atoms with E-state index in [4.69, 9.17) is 0 Å². The van der Waals surface area contributed by atoms with Crippen molar-refractivity contribution in [2.24, 2.45) is 0 Å². The van der Waals surface area contributed by atoms with Crippen LogP contribution in [0.3, 0.4) is 0 Å². The smallest absolute Gasteiger partial charge is 0.128 e. The van der Waals surface area contributed by atoms with E-state index in [2.05, 4.69) is 38.8 Å². The zero-order valence-electron chi connectivity index (χ0n) is 11.8. The van der Waals surface area contributed by atoms with Crippen LogP contribution in [0, 0.1) is 0 Å². The van der Waals surface area contributed by atoms with Gasteiger partial charge in [0.2, 0.25) is 0 Å². The summed E-state index contributed by atoms with van der Waals surface area (Å²) in [5.74, 6) is 1.08. The first kappa shape index (κ1) is 13.1. The third kappa shape index (κ3) is 2.80. The Morgan fingerprint density at radius 2 is 1.85 bits per heavy atom. The highest BCUT2D eigenvalue weighted by Crippen LogP contribution is 2.22. The van der Waals surface area contributed by atoms with Gasteiger partial charge in [0.05, 0.1) is 0 Å². The lowest BCUT2D eigenvalue weighted by Gasteiger charge is -2.38. The van der Waals surface area contributed by atoms with Crippen molar-refractivity contribution in [3.8, 4) is 0 Å². The van der Waals surface area contributed by atoms with Crippen LogP contribution < -0.4 is 4.90 Å². The van der Waals surface area contributed by atoms with Crippen LogP contribution in [0.4, 0.5) is 5.82 Å². The average Bonchev–Trinajstić information content (AvgIpc) is 2.56. The van der Waals surface area contributed by atoms with E-state index in [1.807, 2.05) is 36.8 Å². The molecule has 0 radical (unpaired) electrons. The zero-order chi connectivity index (χ0) is 13.8. The molecule has 2 aromatic heterocycles. The molecule has 1 atom stereocenters. The summed E-state index contributed by atoms with van der Waals surface area (Å²) < 4.78 is 0. The van der Waals surface area contributed by atoms with Gasteiger partial charge in [-0.2, -0.15) is 0 Å². The first-order chi connectivity index (χ1) is 9.84. The molecule has 0 amide bonds. The highest BCUT2D eigenvalue weighted by molar-refractivity contribution is 5.38. The number of anilines is 1. The fourth-order valence-corrected chi connectivity index (χ4v) is 2.71. The highest BCUT2D eigenvalue weighted by atomic mass is 15.3. The number of nitrogens with zero attached hydrogens (tertiary/aromatic N) is 4. The van der Waals surface area contributed by atoms with Gasteiger partial charge >= 0.3 is 0 Å². The third-order valence-corrected chi connectivity index (χ3v) is 4.00. The van der Waals surface area contributed by atoms with E-state index in [9.17, 15) is 0 Å². The molecule has 0 aromatic carbocycles. The number of pyridine rings is 2. The Balaban J connectivity index is 1.61. The molecule has 4 heteroatoms. The van der Waals surface area contributed by atoms with Gasteiger partial charge in [0.1, 0.15) is 5.82 Å². The van der Waals surface area contributed by atoms with Gasteiger partial charge in [-0.05, 0) is 30.7 Å². The number of hydrogen-bond donors (Lipinski definition) is 0. The summed E-state index contributed by atoms with van der Waals surface area (Å²) in [6.07, 6.45) is 5.66. The Hall–Kier alpha value is -1.94. The molecule has 1 aliphatic heterocycles. The topological polar surface area (TPSA) is 32.3 Å². The predicted molar refractivity (Wildman–Crippen MR) is 80.7 cm³/mol. The SMILES string of the molecule is CC(c1cccnc1)N1CCN(c2ccccn2)CC1. The fourth-order valence-electron chi connectivity index (χ4n) is 2.71. The number of rotatable bonds is 3. The molecule has 4 nitrogen and oxygen atoms in total. The number of piperazine rings is 1. The normalized spacial score (nSPS) is 17.9. The third-order valence-electron chi connectivity index (χ3n) is 4.00. The lowest BCUT2D eigenvalue weighted by Crippen LogP contribution is -2.47. The van der Waals surface area contributed by atoms with E-state index in [0.717, 1.165) is 32.0 Å².